The van der Waals surface area contributed by atoms with Crippen molar-refractivity contribution in [2.24, 2.45) is 0 Å². The van der Waals surface area contributed by atoms with Gasteiger partial charge in [0.15, 0.2) is 0 Å². The van der Waals surface area contributed by atoms with Crippen LogP contribution in [0.3, 0.4) is 0 Å². The van der Waals surface area contributed by atoms with Crippen LogP contribution in [-0.2, 0) is 0 Å². The minimum atomic E-state index is 0.168. The second-order valence-corrected chi connectivity index (χ2v) is 3.61. The van der Waals surface area contributed by atoms with Gasteiger partial charge < -0.3 is 5.73 Å². The number of rotatable bonds is 2. The van der Waals surface area contributed by atoms with Gasteiger partial charge in [-0.05, 0) is 5.56 Å². The Balaban J connectivity index is 2.62. The minimum absolute atomic E-state index is 0.168. The summed E-state index contributed by atoms with van der Waals surface area (Å²) in [5.74, 6) is 0.168. The lowest BCUT2D eigenvalue weighted by Gasteiger charge is -2.05. The van der Waals surface area contributed by atoms with E-state index < -0.39 is 0 Å². The quantitative estimate of drug-likeness (QED) is 0.809. The van der Waals surface area contributed by atoms with Crippen molar-refractivity contribution in [3.05, 3.63) is 47.6 Å². The molecule has 16 heavy (non-hydrogen) atoms. The van der Waals surface area contributed by atoms with Crippen LogP contribution >= 0.6 is 11.6 Å². The van der Waals surface area contributed by atoms with E-state index >= 15 is 0 Å². The van der Waals surface area contributed by atoms with E-state index in [1.807, 2.05) is 24.3 Å². The van der Waals surface area contributed by atoms with Crippen LogP contribution in [0.5, 0.6) is 0 Å². The SMILES string of the molecule is C=Cc1ccccc1-c1cc(Cl)nc(N)n1. The highest BCUT2D eigenvalue weighted by Gasteiger charge is 2.06. The van der Waals surface area contributed by atoms with E-state index in [1.54, 1.807) is 12.1 Å². The zero-order valence-electron chi connectivity index (χ0n) is 8.52. The fraction of sp³-hybridized carbons (Fsp3) is 0. The molecule has 2 aromatic rings. The van der Waals surface area contributed by atoms with E-state index in [2.05, 4.69) is 16.5 Å². The van der Waals surface area contributed by atoms with E-state index in [0.717, 1.165) is 11.1 Å². The van der Waals surface area contributed by atoms with Gasteiger partial charge in [-0.15, -0.1) is 0 Å². The molecule has 0 amide bonds. The molecule has 0 aliphatic rings. The first kappa shape index (κ1) is 10.6. The third kappa shape index (κ3) is 2.04. The molecule has 0 saturated heterocycles. The van der Waals surface area contributed by atoms with E-state index in [0.29, 0.717) is 10.8 Å². The van der Waals surface area contributed by atoms with Crippen LogP contribution in [0.1, 0.15) is 5.56 Å². The number of hydrogen-bond acceptors (Lipinski definition) is 3. The van der Waals surface area contributed by atoms with Crippen LogP contribution in [0.4, 0.5) is 5.95 Å². The smallest absolute Gasteiger partial charge is 0.221 e. The average molecular weight is 232 g/mol. The van der Waals surface area contributed by atoms with E-state index in [9.17, 15) is 0 Å². The largest absolute Gasteiger partial charge is 0.368 e. The Bertz CT molecular complexity index is 517. The van der Waals surface area contributed by atoms with Gasteiger partial charge >= 0.3 is 0 Å². The van der Waals surface area contributed by atoms with E-state index in [1.165, 1.54) is 0 Å². The monoisotopic (exact) mass is 231 g/mol. The molecule has 2 N–H and O–H groups in total. The van der Waals surface area contributed by atoms with Crippen molar-refractivity contribution in [2.75, 3.05) is 5.73 Å². The molecule has 80 valence electrons. The lowest BCUT2D eigenvalue weighted by molar-refractivity contribution is 1.19. The van der Waals surface area contributed by atoms with Gasteiger partial charge in [-0.2, -0.15) is 0 Å². The summed E-state index contributed by atoms with van der Waals surface area (Å²) < 4.78 is 0. The first-order valence-electron chi connectivity index (χ1n) is 4.72. The van der Waals surface area contributed by atoms with Gasteiger partial charge in [0.25, 0.3) is 0 Å². The zero-order valence-corrected chi connectivity index (χ0v) is 9.28. The average Bonchev–Trinajstić information content (AvgIpc) is 2.27. The number of nitrogen functional groups attached to an aromatic ring is 1. The highest BCUT2D eigenvalue weighted by molar-refractivity contribution is 6.29. The Morgan fingerprint density at radius 3 is 2.69 bits per heavy atom. The van der Waals surface area contributed by atoms with Crippen LogP contribution in [0.25, 0.3) is 17.3 Å². The summed E-state index contributed by atoms with van der Waals surface area (Å²) in [5, 5.41) is 0.335. The summed E-state index contributed by atoms with van der Waals surface area (Å²) in [7, 11) is 0. The summed E-state index contributed by atoms with van der Waals surface area (Å²) >= 11 is 5.84. The number of hydrogen-bond donors (Lipinski definition) is 1. The molecule has 2 rings (SSSR count). The van der Waals surface area contributed by atoms with Gasteiger partial charge in [0.05, 0.1) is 5.69 Å². The summed E-state index contributed by atoms with van der Waals surface area (Å²) in [6.45, 7) is 3.75. The first-order chi connectivity index (χ1) is 7.70. The Morgan fingerprint density at radius 2 is 2.00 bits per heavy atom. The lowest BCUT2D eigenvalue weighted by Crippen LogP contribution is -1.97. The van der Waals surface area contributed by atoms with Crippen molar-refractivity contribution in [1.82, 2.24) is 9.97 Å². The van der Waals surface area contributed by atoms with Crippen LogP contribution < -0.4 is 5.73 Å². The fourth-order valence-corrected chi connectivity index (χ4v) is 1.67. The maximum Gasteiger partial charge on any atom is 0.221 e. The molecule has 3 nitrogen and oxygen atoms in total. The molecule has 4 heteroatoms. The standard InChI is InChI=1S/C12H10ClN3/c1-2-8-5-3-4-6-9(8)10-7-11(13)16-12(14)15-10/h2-7H,1H2,(H2,14,15,16). The predicted octanol–water partition coefficient (Wildman–Crippen LogP) is 3.02. The predicted molar refractivity (Wildman–Crippen MR) is 67.0 cm³/mol. The summed E-state index contributed by atoms with van der Waals surface area (Å²) in [6.07, 6.45) is 1.77. The number of halogens is 1. The Morgan fingerprint density at radius 1 is 1.25 bits per heavy atom. The van der Waals surface area contributed by atoms with Crippen LogP contribution in [-0.4, -0.2) is 9.97 Å². The van der Waals surface area contributed by atoms with Gasteiger partial charge in [-0.1, -0.05) is 48.5 Å². The third-order valence-corrected chi connectivity index (χ3v) is 2.36. The zero-order chi connectivity index (χ0) is 11.5. The second kappa shape index (κ2) is 4.33. The maximum atomic E-state index is 5.84. The van der Waals surface area contributed by atoms with Gasteiger partial charge in [-0.25, -0.2) is 9.97 Å². The Kier molecular flexibility index (Phi) is 2.88. The van der Waals surface area contributed by atoms with E-state index in [-0.39, 0.29) is 5.95 Å². The highest BCUT2D eigenvalue weighted by atomic mass is 35.5. The molecule has 0 fully saturated rings. The van der Waals surface area contributed by atoms with Crippen molar-refractivity contribution in [2.45, 2.75) is 0 Å². The third-order valence-electron chi connectivity index (χ3n) is 2.17. The number of aromatic nitrogens is 2. The fourth-order valence-electron chi connectivity index (χ4n) is 1.48. The molecule has 0 spiro atoms. The number of anilines is 1. The van der Waals surface area contributed by atoms with E-state index in [4.69, 9.17) is 17.3 Å². The molecular weight excluding hydrogens is 222 g/mol. The summed E-state index contributed by atoms with van der Waals surface area (Å²) in [6, 6.07) is 9.44. The van der Waals surface area contributed by atoms with Crippen LogP contribution in [0, 0.1) is 0 Å². The number of benzene rings is 1. The van der Waals surface area contributed by atoms with Gasteiger partial charge in [-0.3, -0.25) is 0 Å². The summed E-state index contributed by atoms with van der Waals surface area (Å²) in [4.78, 5) is 7.97. The minimum Gasteiger partial charge on any atom is -0.368 e. The molecule has 1 aromatic heterocycles. The van der Waals surface area contributed by atoms with Crippen molar-refractivity contribution in [1.29, 1.82) is 0 Å². The molecule has 1 heterocycles. The molecule has 0 aliphatic carbocycles. The topological polar surface area (TPSA) is 51.8 Å². The number of nitrogens with two attached hydrogens (primary N) is 1. The molecule has 1 aromatic carbocycles. The molecule has 0 atom stereocenters. The first-order valence-corrected chi connectivity index (χ1v) is 5.10. The molecule has 0 bridgehead atoms. The maximum absolute atomic E-state index is 5.84. The Labute approximate surface area is 98.6 Å². The summed E-state index contributed by atoms with van der Waals surface area (Å²) in [5.41, 5.74) is 8.18. The Hall–Kier alpha value is -1.87. The lowest BCUT2D eigenvalue weighted by atomic mass is 10.0. The molecule has 0 saturated carbocycles. The van der Waals surface area contributed by atoms with Gasteiger partial charge in [0.1, 0.15) is 5.15 Å². The van der Waals surface area contributed by atoms with Crippen LogP contribution in [0.2, 0.25) is 5.15 Å². The van der Waals surface area contributed by atoms with Crippen molar-refractivity contribution in [3.63, 3.8) is 0 Å². The van der Waals surface area contributed by atoms with Crippen molar-refractivity contribution < 1.29 is 0 Å². The molecule has 0 aliphatic heterocycles. The van der Waals surface area contributed by atoms with Crippen molar-refractivity contribution >= 4 is 23.6 Å². The van der Waals surface area contributed by atoms with Crippen LogP contribution in [0.15, 0.2) is 36.9 Å². The number of nitrogens with zero attached hydrogens (tertiary/aromatic N) is 2. The highest BCUT2D eigenvalue weighted by Crippen LogP contribution is 2.24. The normalized spacial score (nSPS) is 10.1. The second-order valence-electron chi connectivity index (χ2n) is 3.23. The van der Waals surface area contributed by atoms with Crippen molar-refractivity contribution in [3.8, 4) is 11.3 Å². The van der Waals surface area contributed by atoms with Gasteiger partial charge in [0.2, 0.25) is 5.95 Å². The van der Waals surface area contributed by atoms with Gasteiger partial charge in [0, 0.05) is 11.6 Å². The molecular formula is C12H10ClN3. The molecule has 0 radical (unpaired) electrons. The molecule has 0 unspecified atom stereocenters.